The van der Waals surface area contributed by atoms with Gasteiger partial charge < -0.3 is 10.3 Å². The van der Waals surface area contributed by atoms with Crippen LogP contribution in [0.15, 0.2) is 70.6 Å². The van der Waals surface area contributed by atoms with E-state index < -0.39 is 5.25 Å². The number of carbonyl (C=O) groups is 2. The number of Topliss-reactive ketones (excluding diaryl/α,β-unsaturated/α-hetero) is 1. The number of carbonyl (C=O) groups excluding carboxylic acids is 2. The van der Waals surface area contributed by atoms with E-state index in [1.54, 1.807) is 31.2 Å². The largest absolute Gasteiger partial charge is 0.325 e. The maximum atomic E-state index is 12.5. The van der Waals surface area contributed by atoms with Crippen LogP contribution in [0.25, 0.3) is 11.3 Å². The lowest BCUT2D eigenvalue weighted by Crippen LogP contribution is -2.23. The molecule has 1 unspecified atom stereocenters. The normalized spacial score (nSPS) is 11.6. The molecule has 3 rings (SSSR count). The monoisotopic (exact) mass is 393 g/mol. The second-order valence-corrected chi connectivity index (χ2v) is 7.52. The van der Waals surface area contributed by atoms with Crippen molar-refractivity contribution < 1.29 is 9.59 Å². The first-order valence-electron chi connectivity index (χ1n) is 8.67. The third-order valence-corrected chi connectivity index (χ3v) is 4.97. The Morgan fingerprint density at radius 2 is 1.82 bits per heavy atom. The molecule has 0 aliphatic carbocycles. The Morgan fingerprint density at radius 1 is 1.07 bits per heavy atom. The highest BCUT2D eigenvalue weighted by Gasteiger charge is 2.17. The summed E-state index contributed by atoms with van der Waals surface area (Å²) in [5, 5.41) is 2.65. The number of aromatic amines is 1. The van der Waals surface area contributed by atoms with E-state index in [-0.39, 0.29) is 17.2 Å². The molecule has 7 heteroatoms. The first-order valence-corrected chi connectivity index (χ1v) is 9.55. The molecular formula is C21H19N3O3S. The number of nitrogens with zero attached hydrogens (tertiary/aromatic N) is 1. The molecule has 1 atom stereocenters. The molecule has 0 spiro atoms. The maximum absolute atomic E-state index is 12.5. The molecule has 0 fully saturated rings. The van der Waals surface area contributed by atoms with E-state index in [2.05, 4.69) is 15.3 Å². The first-order chi connectivity index (χ1) is 13.4. The van der Waals surface area contributed by atoms with Gasteiger partial charge in [-0.1, -0.05) is 54.2 Å². The fourth-order valence-corrected chi connectivity index (χ4v) is 3.34. The first kappa shape index (κ1) is 19.6. The quantitative estimate of drug-likeness (QED) is 0.378. The summed E-state index contributed by atoms with van der Waals surface area (Å²) in [6, 6.07) is 17.6. The summed E-state index contributed by atoms with van der Waals surface area (Å²) >= 11 is 1.16. The molecular weight excluding hydrogens is 374 g/mol. The minimum Gasteiger partial charge on any atom is -0.325 e. The summed E-state index contributed by atoms with van der Waals surface area (Å²) in [5.41, 5.74) is 2.17. The molecule has 28 heavy (non-hydrogen) atoms. The molecule has 0 saturated carbocycles. The van der Waals surface area contributed by atoms with Crippen LogP contribution in [0, 0.1) is 0 Å². The molecule has 0 saturated heterocycles. The predicted octanol–water partition coefficient (Wildman–Crippen LogP) is 3.76. The number of hydrogen-bond acceptors (Lipinski definition) is 5. The molecule has 1 amide bonds. The van der Waals surface area contributed by atoms with Gasteiger partial charge >= 0.3 is 0 Å². The molecule has 3 aromatic rings. The molecule has 0 aliphatic heterocycles. The number of anilines is 1. The minimum absolute atomic E-state index is 0.0713. The van der Waals surface area contributed by atoms with E-state index >= 15 is 0 Å². The van der Waals surface area contributed by atoms with Gasteiger partial charge in [0.1, 0.15) is 0 Å². The number of benzene rings is 2. The van der Waals surface area contributed by atoms with E-state index in [1.165, 1.54) is 13.0 Å². The summed E-state index contributed by atoms with van der Waals surface area (Å²) < 4.78 is 0. The van der Waals surface area contributed by atoms with Gasteiger partial charge in [0.15, 0.2) is 10.9 Å². The van der Waals surface area contributed by atoms with Crippen LogP contribution in [0.5, 0.6) is 0 Å². The van der Waals surface area contributed by atoms with Crippen molar-refractivity contribution in [2.75, 3.05) is 5.32 Å². The van der Waals surface area contributed by atoms with Gasteiger partial charge in [-0.25, -0.2) is 4.98 Å². The average molecular weight is 393 g/mol. The average Bonchev–Trinajstić information content (AvgIpc) is 2.68. The van der Waals surface area contributed by atoms with Crippen LogP contribution in [0.2, 0.25) is 0 Å². The highest BCUT2D eigenvalue weighted by Crippen LogP contribution is 2.23. The summed E-state index contributed by atoms with van der Waals surface area (Å²) in [4.78, 5) is 43.1. The topological polar surface area (TPSA) is 91.9 Å². The van der Waals surface area contributed by atoms with Gasteiger partial charge in [0, 0.05) is 22.9 Å². The van der Waals surface area contributed by atoms with Crippen LogP contribution in [-0.4, -0.2) is 26.9 Å². The van der Waals surface area contributed by atoms with Crippen molar-refractivity contribution in [3.63, 3.8) is 0 Å². The molecule has 1 aromatic heterocycles. The standard InChI is InChI=1S/C21H19N3O3S/c1-13(25)16-9-6-10-17(11-16)22-20(27)14(2)28-21-23-18(12-19(26)24-21)15-7-4-3-5-8-15/h3-12,14H,1-2H3,(H,22,27)(H,23,24,26). The summed E-state index contributed by atoms with van der Waals surface area (Å²) in [6.45, 7) is 3.20. The van der Waals surface area contributed by atoms with Crippen LogP contribution in [-0.2, 0) is 4.79 Å². The lowest BCUT2D eigenvalue weighted by molar-refractivity contribution is -0.115. The van der Waals surface area contributed by atoms with Crippen molar-refractivity contribution in [1.82, 2.24) is 9.97 Å². The Morgan fingerprint density at radius 3 is 2.54 bits per heavy atom. The van der Waals surface area contributed by atoms with E-state index in [9.17, 15) is 14.4 Å². The highest BCUT2D eigenvalue weighted by atomic mass is 32.2. The van der Waals surface area contributed by atoms with E-state index in [1.807, 2.05) is 30.3 Å². The van der Waals surface area contributed by atoms with Gasteiger partial charge in [0.25, 0.3) is 5.56 Å². The van der Waals surface area contributed by atoms with Gasteiger partial charge in [-0.05, 0) is 26.0 Å². The van der Waals surface area contributed by atoms with Crippen molar-refractivity contribution in [1.29, 1.82) is 0 Å². The van der Waals surface area contributed by atoms with Crippen LogP contribution in [0.1, 0.15) is 24.2 Å². The molecule has 0 bridgehead atoms. The zero-order valence-corrected chi connectivity index (χ0v) is 16.2. The lowest BCUT2D eigenvalue weighted by atomic mass is 10.1. The Hall–Kier alpha value is -3.19. The smallest absolute Gasteiger partial charge is 0.252 e. The maximum Gasteiger partial charge on any atom is 0.252 e. The summed E-state index contributed by atoms with van der Waals surface area (Å²) in [7, 11) is 0. The lowest BCUT2D eigenvalue weighted by Gasteiger charge is -2.12. The fourth-order valence-electron chi connectivity index (χ4n) is 2.53. The zero-order valence-electron chi connectivity index (χ0n) is 15.4. The van der Waals surface area contributed by atoms with Crippen molar-refractivity contribution in [3.05, 3.63) is 76.6 Å². The van der Waals surface area contributed by atoms with Gasteiger partial charge in [-0.2, -0.15) is 0 Å². The number of thioether (sulfide) groups is 1. The highest BCUT2D eigenvalue weighted by molar-refractivity contribution is 8.00. The zero-order chi connectivity index (χ0) is 20.1. The number of rotatable bonds is 6. The number of hydrogen-bond donors (Lipinski definition) is 2. The number of nitrogens with one attached hydrogen (secondary N) is 2. The third kappa shape index (κ3) is 4.95. The van der Waals surface area contributed by atoms with Crippen molar-refractivity contribution in [2.45, 2.75) is 24.3 Å². The predicted molar refractivity (Wildman–Crippen MR) is 111 cm³/mol. The molecule has 2 N–H and O–H groups in total. The summed E-state index contributed by atoms with van der Waals surface area (Å²) in [6.07, 6.45) is 0. The van der Waals surface area contributed by atoms with Crippen LogP contribution < -0.4 is 10.9 Å². The molecule has 1 heterocycles. The van der Waals surface area contributed by atoms with Crippen LogP contribution in [0.3, 0.4) is 0 Å². The second-order valence-electron chi connectivity index (χ2n) is 6.19. The van der Waals surface area contributed by atoms with Crippen LogP contribution >= 0.6 is 11.8 Å². The number of amides is 1. The Balaban J connectivity index is 1.74. The Kier molecular flexibility index (Phi) is 6.06. The number of aromatic nitrogens is 2. The molecule has 0 radical (unpaired) electrons. The Labute approximate surface area is 166 Å². The Bertz CT molecular complexity index is 1060. The van der Waals surface area contributed by atoms with Crippen molar-refractivity contribution in [2.24, 2.45) is 0 Å². The number of H-pyrrole nitrogens is 1. The van der Waals surface area contributed by atoms with E-state index in [4.69, 9.17) is 0 Å². The molecule has 142 valence electrons. The van der Waals surface area contributed by atoms with E-state index in [0.717, 1.165) is 17.3 Å². The molecule has 6 nitrogen and oxygen atoms in total. The van der Waals surface area contributed by atoms with E-state index in [0.29, 0.717) is 22.1 Å². The van der Waals surface area contributed by atoms with Gasteiger partial charge in [-0.3, -0.25) is 14.4 Å². The third-order valence-electron chi connectivity index (χ3n) is 3.98. The summed E-state index contributed by atoms with van der Waals surface area (Å²) in [5.74, 6) is -0.323. The van der Waals surface area contributed by atoms with Gasteiger partial charge in [0.2, 0.25) is 5.91 Å². The van der Waals surface area contributed by atoms with Gasteiger partial charge in [-0.15, -0.1) is 0 Å². The minimum atomic E-state index is -0.504. The SMILES string of the molecule is CC(=O)c1cccc(NC(=O)C(C)Sc2nc(-c3ccccc3)cc(=O)[nH]2)c1. The molecule has 2 aromatic carbocycles. The second kappa shape index (κ2) is 8.67. The van der Waals surface area contributed by atoms with Crippen molar-refractivity contribution in [3.8, 4) is 11.3 Å². The molecule has 0 aliphatic rings. The van der Waals surface area contributed by atoms with Crippen LogP contribution in [0.4, 0.5) is 5.69 Å². The fraction of sp³-hybridized carbons (Fsp3) is 0.143. The van der Waals surface area contributed by atoms with Crippen molar-refractivity contribution >= 4 is 29.1 Å². The van der Waals surface area contributed by atoms with Gasteiger partial charge in [0.05, 0.1) is 10.9 Å². The number of ketones is 1.